The molecule has 6 nitrogen and oxygen atoms in total. The first-order chi connectivity index (χ1) is 14.1. The van der Waals surface area contributed by atoms with E-state index in [-0.39, 0.29) is 11.8 Å². The molecule has 5 rings (SSSR count). The molecule has 0 bridgehead atoms. The van der Waals surface area contributed by atoms with Crippen LogP contribution in [0.2, 0.25) is 0 Å². The van der Waals surface area contributed by atoms with Gasteiger partial charge in [-0.05, 0) is 47.9 Å². The average Bonchev–Trinajstić information content (AvgIpc) is 3.45. The molecule has 1 saturated heterocycles. The fourth-order valence-electron chi connectivity index (χ4n) is 3.89. The van der Waals surface area contributed by atoms with Gasteiger partial charge in [-0.2, -0.15) is 5.26 Å². The number of fused-ring (bicyclic) bond motifs is 2. The van der Waals surface area contributed by atoms with Crippen molar-refractivity contribution < 1.29 is 4.79 Å². The van der Waals surface area contributed by atoms with Crippen LogP contribution in [0.3, 0.4) is 0 Å². The lowest BCUT2D eigenvalue weighted by atomic mass is 10.0. The van der Waals surface area contributed by atoms with Crippen molar-refractivity contribution in [3.05, 3.63) is 48.7 Å². The second kappa shape index (κ2) is 6.90. The molecule has 1 atom stereocenters. The van der Waals surface area contributed by atoms with E-state index in [4.69, 9.17) is 5.26 Å². The van der Waals surface area contributed by atoms with Gasteiger partial charge in [-0.15, -0.1) is 0 Å². The number of rotatable bonds is 3. The third-order valence-electron chi connectivity index (χ3n) is 5.54. The number of hydrogen-bond acceptors (Lipinski definition) is 5. The molecule has 7 heteroatoms. The summed E-state index contributed by atoms with van der Waals surface area (Å²) in [5.74, 6) is -0.216. The van der Waals surface area contributed by atoms with Gasteiger partial charge in [-0.1, -0.05) is 23.5 Å². The highest BCUT2D eigenvalue weighted by molar-refractivity contribution is 7.22. The van der Waals surface area contributed by atoms with Crippen molar-refractivity contribution in [2.45, 2.75) is 6.42 Å². The summed E-state index contributed by atoms with van der Waals surface area (Å²) in [4.78, 5) is 18.7. The van der Waals surface area contributed by atoms with Crippen molar-refractivity contribution in [2.24, 2.45) is 13.0 Å². The Hall–Kier alpha value is -3.37. The fourth-order valence-corrected chi connectivity index (χ4v) is 4.74. The standard InChI is InChI=1S/C22H19N5OS/c1-26-8-6-16-10-14(2-4-19(16)26)15-3-5-20-18(11-15)24-22(29-20)25-21(28)17-7-9-27(12-17)13-23/h2-6,8,10-11,17H,7,9,12H2,1H3,(H,24,25,28)/t17-/m0/s1. The van der Waals surface area contributed by atoms with Crippen LogP contribution in [0.4, 0.5) is 5.13 Å². The lowest BCUT2D eigenvalue weighted by Gasteiger charge is -2.08. The molecule has 0 unspecified atom stereocenters. The molecule has 2 aromatic carbocycles. The number of likely N-dealkylation sites (tertiary alicyclic amines) is 1. The Kier molecular flexibility index (Phi) is 4.22. The van der Waals surface area contributed by atoms with E-state index in [9.17, 15) is 4.79 Å². The zero-order valence-corrected chi connectivity index (χ0v) is 16.7. The Morgan fingerprint density at radius 3 is 2.90 bits per heavy atom. The molecular weight excluding hydrogens is 382 g/mol. The summed E-state index contributed by atoms with van der Waals surface area (Å²) >= 11 is 1.48. The van der Waals surface area contributed by atoms with E-state index < -0.39 is 0 Å². The Morgan fingerprint density at radius 2 is 2.07 bits per heavy atom. The molecule has 0 saturated carbocycles. The molecule has 1 aliphatic heterocycles. The number of benzene rings is 2. The maximum Gasteiger partial charge on any atom is 0.231 e. The zero-order chi connectivity index (χ0) is 20.0. The minimum atomic E-state index is -0.158. The molecule has 0 spiro atoms. The number of anilines is 1. The highest BCUT2D eigenvalue weighted by Crippen LogP contribution is 2.32. The van der Waals surface area contributed by atoms with E-state index in [2.05, 4.69) is 69.7 Å². The number of thiazole rings is 1. The highest BCUT2D eigenvalue weighted by Gasteiger charge is 2.28. The molecule has 1 amide bonds. The van der Waals surface area contributed by atoms with E-state index in [1.165, 1.54) is 22.2 Å². The predicted molar refractivity (Wildman–Crippen MR) is 115 cm³/mol. The first-order valence-electron chi connectivity index (χ1n) is 9.52. The number of carbonyl (C=O) groups is 1. The van der Waals surface area contributed by atoms with Crippen LogP contribution in [0.15, 0.2) is 48.7 Å². The molecule has 2 aromatic heterocycles. The third-order valence-corrected chi connectivity index (χ3v) is 6.49. The van der Waals surface area contributed by atoms with Crippen LogP contribution in [0, 0.1) is 17.4 Å². The van der Waals surface area contributed by atoms with E-state index in [0.29, 0.717) is 24.6 Å². The highest BCUT2D eigenvalue weighted by atomic mass is 32.1. The molecule has 4 aromatic rings. The number of nitrogens with one attached hydrogen (secondary N) is 1. The average molecular weight is 401 g/mol. The maximum absolute atomic E-state index is 12.5. The summed E-state index contributed by atoms with van der Waals surface area (Å²) in [6.07, 6.45) is 4.87. The minimum absolute atomic E-state index is 0.0587. The van der Waals surface area contributed by atoms with Crippen molar-refractivity contribution in [1.29, 1.82) is 5.26 Å². The van der Waals surface area contributed by atoms with Crippen molar-refractivity contribution >= 4 is 43.5 Å². The quantitative estimate of drug-likeness (QED) is 0.522. The van der Waals surface area contributed by atoms with Crippen molar-refractivity contribution in [3.63, 3.8) is 0 Å². The summed E-state index contributed by atoms with van der Waals surface area (Å²) in [5, 5.41) is 13.7. The van der Waals surface area contributed by atoms with Crippen molar-refractivity contribution in [1.82, 2.24) is 14.5 Å². The Morgan fingerprint density at radius 1 is 1.24 bits per heavy atom. The molecular formula is C22H19N5OS. The van der Waals surface area contributed by atoms with E-state index in [1.54, 1.807) is 4.90 Å². The first kappa shape index (κ1) is 17.7. The van der Waals surface area contributed by atoms with Gasteiger partial charge in [0.1, 0.15) is 0 Å². The number of hydrogen-bond donors (Lipinski definition) is 1. The third kappa shape index (κ3) is 3.22. The van der Waals surface area contributed by atoms with Crippen LogP contribution in [0.25, 0.3) is 32.2 Å². The second-order valence-electron chi connectivity index (χ2n) is 7.42. The van der Waals surface area contributed by atoms with Gasteiger partial charge in [0.15, 0.2) is 11.3 Å². The number of aryl methyl sites for hydroxylation is 1. The fraction of sp³-hybridized carbons (Fsp3) is 0.227. The SMILES string of the molecule is Cn1ccc2cc(-c3ccc4sc(NC(=O)[C@H]5CCN(C#N)C5)nc4c3)ccc21. The number of nitrogens with zero attached hydrogens (tertiary/aromatic N) is 4. The predicted octanol–water partition coefficient (Wildman–Crippen LogP) is 4.20. The largest absolute Gasteiger partial charge is 0.351 e. The number of nitriles is 1. The van der Waals surface area contributed by atoms with Crippen LogP contribution in [-0.4, -0.2) is 33.4 Å². The number of amides is 1. The normalized spacial score (nSPS) is 16.4. The summed E-state index contributed by atoms with van der Waals surface area (Å²) in [6, 6.07) is 14.8. The Balaban J connectivity index is 1.39. The van der Waals surface area contributed by atoms with Gasteiger partial charge in [-0.3, -0.25) is 4.79 Å². The van der Waals surface area contributed by atoms with Gasteiger partial charge < -0.3 is 14.8 Å². The Labute approximate surface area is 172 Å². The van der Waals surface area contributed by atoms with Gasteiger partial charge in [-0.25, -0.2) is 4.98 Å². The molecule has 1 aliphatic rings. The summed E-state index contributed by atoms with van der Waals surface area (Å²) < 4.78 is 3.15. The molecule has 1 N–H and O–H groups in total. The molecule has 1 fully saturated rings. The van der Waals surface area contributed by atoms with Crippen LogP contribution in [0.1, 0.15) is 6.42 Å². The molecule has 144 valence electrons. The zero-order valence-electron chi connectivity index (χ0n) is 15.9. The number of carbonyl (C=O) groups excluding carboxylic acids is 1. The second-order valence-corrected chi connectivity index (χ2v) is 8.45. The van der Waals surface area contributed by atoms with Gasteiger partial charge in [0.05, 0.1) is 16.1 Å². The van der Waals surface area contributed by atoms with Crippen LogP contribution >= 0.6 is 11.3 Å². The van der Waals surface area contributed by atoms with Gasteiger partial charge in [0, 0.05) is 37.2 Å². The topological polar surface area (TPSA) is 74.0 Å². The van der Waals surface area contributed by atoms with E-state index in [0.717, 1.165) is 21.3 Å². The first-order valence-corrected chi connectivity index (χ1v) is 10.3. The summed E-state index contributed by atoms with van der Waals surface area (Å²) in [6.45, 7) is 1.13. The summed E-state index contributed by atoms with van der Waals surface area (Å²) in [7, 11) is 2.04. The van der Waals surface area contributed by atoms with Crippen LogP contribution in [0.5, 0.6) is 0 Å². The van der Waals surface area contributed by atoms with Gasteiger partial charge in [0.25, 0.3) is 0 Å². The minimum Gasteiger partial charge on any atom is -0.351 e. The molecule has 29 heavy (non-hydrogen) atoms. The van der Waals surface area contributed by atoms with E-state index >= 15 is 0 Å². The lowest BCUT2D eigenvalue weighted by molar-refractivity contribution is -0.119. The molecule has 0 aliphatic carbocycles. The van der Waals surface area contributed by atoms with Crippen LogP contribution in [-0.2, 0) is 11.8 Å². The lowest BCUT2D eigenvalue weighted by Crippen LogP contribution is -2.25. The molecule has 0 radical (unpaired) electrons. The van der Waals surface area contributed by atoms with Crippen molar-refractivity contribution in [3.8, 4) is 17.3 Å². The van der Waals surface area contributed by atoms with E-state index in [1.807, 2.05) is 7.05 Å². The van der Waals surface area contributed by atoms with Gasteiger partial charge in [0.2, 0.25) is 5.91 Å². The smallest absolute Gasteiger partial charge is 0.231 e. The number of aromatic nitrogens is 2. The maximum atomic E-state index is 12.5. The van der Waals surface area contributed by atoms with Crippen LogP contribution < -0.4 is 5.32 Å². The van der Waals surface area contributed by atoms with Gasteiger partial charge >= 0.3 is 0 Å². The monoisotopic (exact) mass is 401 g/mol. The Bertz CT molecular complexity index is 1280. The van der Waals surface area contributed by atoms with Crippen molar-refractivity contribution in [2.75, 3.05) is 18.4 Å². The molecule has 3 heterocycles. The summed E-state index contributed by atoms with van der Waals surface area (Å²) in [5.41, 5.74) is 4.33.